The van der Waals surface area contributed by atoms with E-state index in [1.165, 1.54) is 23.9 Å². The zero-order chi connectivity index (χ0) is 22.2. The number of rotatable bonds is 10. The first kappa shape index (κ1) is 23.4. The summed E-state index contributed by atoms with van der Waals surface area (Å²) in [6.45, 7) is 3.12. The second kappa shape index (κ2) is 11.4. The average Bonchev–Trinajstić information content (AvgIpc) is 3.14. The van der Waals surface area contributed by atoms with Crippen LogP contribution in [0.5, 0.6) is 5.75 Å². The summed E-state index contributed by atoms with van der Waals surface area (Å²) in [5, 5.41) is 12.7. The Hall–Kier alpha value is -2.29. The van der Waals surface area contributed by atoms with E-state index in [1.807, 2.05) is 11.5 Å². The van der Waals surface area contributed by atoms with E-state index in [-0.39, 0.29) is 17.3 Å². The van der Waals surface area contributed by atoms with Crippen LogP contribution in [0.1, 0.15) is 19.2 Å². The van der Waals surface area contributed by atoms with Gasteiger partial charge in [0, 0.05) is 18.0 Å². The monoisotopic (exact) mass is 482 g/mol. The Kier molecular flexibility index (Phi) is 8.57. The van der Waals surface area contributed by atoms with E-state index in [4.69, 9.17) is 27.9 Å². The number of halogens is 3. The van der Waals surface area contributed by atoms with E-state index in [0.717, 1.165) is 12.2 Å². The van der Waals surface area contributed by atoms with Gasteiger partial charge in [0.2, 0.25) is 5.91 Å². The maximum absolute atomic E-state index is 13.7. The van der Waals surface area contributed by atoms with Crippen LogP contribution < -0.4 is 10.1 Å². The number of hydrogen-bond donors (Lipinski definition) is 1. The van der Waals surface area contributed by atoms with Crippen molar-refractivity contribution < 1.29 is 13.9 Å². The number of ether oxygens (including phenoxy) is 1. The molecule has 0 saturated carbocycles. The summed E-state index contributed by atoms with van der Waals surface area (Å²) in [7, 11) is 0. The number of aromatic nitrogens is 3. The smallest absolute Gasteiger partial charge is 0.234 e. The van der Waals surface area contributed by atoms with Crippen LogP contribution in [0.15, 0.2) is 47.6 Å². The highest BCUT2D eigenvalue weighted by atomic mass is 35.5. The molecule has 0 fully saturated rings. The number of carbonyl (C=O) groups is 1. The molecule has 1 heterocycles. The van der Waals surface area contributed by atoms with E-state index in [2.05, 4.69) is 15.5 Å². The molecule has 0 aliphatic heterocycles. The highest BCUT2D eigenvalue weighted by Crippen LogP contribution is 2.27. The number of nitrogens with one attached hydrogen (secondary N) is 1. The van der Waals surface area contributed by atoms with Gasteiger partial charge in [0.15, 0.2) is 5.16 Å². The summed E-state index contributed by atoms with van der Waals surface area (Å²) < 4.78 is 21.3. The third-order valence-electron chi connectivity index (χ3n) is 4.29. The minimum atomic E-state index is -0.470. The third-order valence-corrected chi connectivity index (χ3v) is 5.78. The first-order chi connectivity index (χ1) is 15.0. The lowest BCUT2D eigenvalue weighted by molar-refractivity contribution is -0.113. The van der Waals surface area contributed by atoms with Gasteiger partial charge in [0.05, 0.1) is 23.1 Å². The second-order valence-electron chi connectivity index (χ2n) is 6.49. The minimum Gasteiger partial charge on any atom is -0.492 e. The molecule has 1 amide bonds. The van der Waals surface area contributed by atoms with E-state index < -0.39 is 5.82 Å². The molecule has 3 aromatic rings. The van der Waals surface area contributed by atoms with E-state index in [1.54, 1.807) is 30.3 Å². The Morgan fingerprint density at radius 2 is 2.03 bits per heavy atom. The highest BCUT2D eigenvalue weighted by molar-refractivity contribution is 7.99. The number of aryl methyl sites for hydroxylation is 1. The molecule has 0 aliphatic carbocycles. The van der Waals surface area contributed by atoms with Crippen LogP contribution >= 0.6 is 35.0 Å². The topological polar surface area (TPSA) is 69.0 Å². The Bertz CT molecular complexity index is 1050. The number of nitrogens with zero attached hydrogens (tertiary/aromatic N) is 3. The fourth-order valence-electron chi connectivity index (χ4n) is 2.81. The van der Waals surface area contributed by atoms with Gasteiger partial charge in [-0.3, -0.25) is 4.79 Å². The zero-order valence-electron chi connectivity index (χ0n) is 16.8. The molecule has 0 spiro atoms. The number of benzene rings is 2. The molecule has 0 aliphatic rings. The van der Waals surface area contributed by atoms with Crippen LogP contribution in [0.2, 0.25) is 10.0 Å². The molecule has 3 rings (SSSR count). The molecule has 10 heteroatoms. The standard InChI is InChI=1S/C21H21Cl2FN4O2S/c1-2-28-19(8-5-11-30-18-10-9-14(22)12-15(18)23)26-27-21(28)31-13-20(29)25-17-7-4-3-6-16(17)24/h3-4,6-7,9-10,12H,2,5,8,11,13H2,1H3,(H,25,29). The summed E-state index contributed by atoms with van der Waals surface area (Å²) in [5.74, 6) is 0.716. The lowest BCUT2D eigenvalue weighted by Crippen LogP contribution is -2.15. The van der Waals surface area contributed by atoms with Gasteiger partial charge in [0.1, 0.15) is 17.4 Å². The summed E-state index contributed by atoms with van der Waals surface area (Å²) in [5.41, 5.74) is 0.159. The van der Waals surface area contributed by atoms with Crippen LogP contribution in [0.4, 0.5) is 10.1 Å². The first-order valence-electron chi connectivity index (χ1n) is 9.65. The molecule has 1 N–H and O–H groups in total. The van der Waals surface area contributed by atoms with Crippen molar-refractivity contribution in [2.45, 2.75) is 31.5 Å². The summed E-state index contributed by atoms with van der Waals surface area (Å²) in [4.78, 5) is 12.1. The van der Waals surface area contributed by atoms with Crippen molar-refractivity contribution in [1.82, 2.24) is 14.8 Å². The molecule has 2 aromatic carbocycles. The van der Waals surface area contributed by atoms with Crippen molar-refractivity contribution >= 4 is 46.6 Å². The van der Waals surface area contributed by atoms with E-state index in [0.29, 0.717) is 40.5 Å². The van der Waals surface area contributed by atoms with Crippen molar-refractivity contribution in [3.05, 3.63) is 64.2 Å². The van der Waals surface area contributed by atoms with Gasteiger partial charge in [0.25, 0.3) is 0 Å². The summed E-state index contributed by atoms with van der Waals surface area (Å²) in [6.07, 6.45) is 1.38. The molecule has 0 unspecified atom stereocenters. The predicted molar refractivity (Wildman–Crippen MR) is 122 cm³/mol. The van der Waals surface area contributed by atoms with Crippen molar-refractivity contribution in [3.63, 3.8) is 0 Å². The Labute approximate surface area is 194 Å². The number of carbonyl (C=O) groups excluding carboxylic acids is 1. The predicted octanol–water partition coefficient (Wildman–Crippen LogP) is 5.49. The van der Waals surface area contributed by atoms with Gasteiger partial charge in [-0.15, -0.1) is 10.2 Å². The van der Waals surface area contributed by atoms with Crippen LogP contribution in [0.3, 0.4) is 0 Å². The molecule has 0 radical (unpaired) electrons. The van der Waals surface area contributed by atoms with Gasteiger partial charge in [-0.25, -0.2) is 4.39 Å². The van der Waals surface area contributed by atoms with Gasteiger partial charge in [-0.05, 0) is 43.7 Å². The number of anilines is 1. The molecule has 0 bridgehead atoms. The largest absolute Gasteiger partial charge is 0.492 e. The van der Waals surface area contributed by atoms with Crippen LogP contribution in [0, 0.1) is 5.82 Å². The Morgan fingerprint density at radius 1 is 1.23 bits per heavy atom. The zero-order valence-corrected chi connectivity index (χ0v) is 19.1. The van der Waals surface area contributed by atoms with Crippen molar-refractivity contribution in [2.75, 3.05) is 17.7 Å². The van der Waals surface area contributed by atoms with Gasteiger partial charge >= 0.3 is 0 Å². The highest BCUT2D eigenvalue weighted by Gasteiger charge is 2.14. The SMILES string of the molecule is CCn1c(CCCOc2ccc(Cl)cc2Cl)nnc1SCC(=O)Nc1ccccc1F. The molecule has 6 nitrogen and oxygen atoms in total. The van der Waals surface area contributed by atoms with Gasteiger partial charge in [-0.2, -0.15) is 0 Å². The summed E-state index contributed by atoms with van der Waals surface area (Å²) >= 11 is 13.2. The molecular formula is C21H21Cl2FN4O2S. The molecule has 1 aromatic heterocycles. The number of amides is 1. The van der Waals surface area contributed by atoms with E-state index in [9.17, 15) is 9.18 Å². The van der Waals surface area contributed by atoms with Crippen LogP contribution in [-0.2, 0) is 17.8 Å². The maximum Gasteiger partial charge on any atom is 0.234 e. The molecular weight excluding hydrogens is 462 g/mol. The molecule has 0 atom stereocenters. The maximum atomic E-state index is 13.7. The Balaban J connectivity index is 1.49. The fraction of sp³-hybridized carbons (Fsp3) is 0.286. The molecule has 164 valence electrons. The number of para-hydroxylation sites is 1. The van der Waals surface area contributed by atoms with Crippen LogP contribution in [-0.4, -0.2) is 33.0 Å². The van der Waals surface area contributed by atoms with Crippen LogP contribution in [0.25, 0.3) is 0 Å². The molecule has 31 heavy (non-hydrogen) atoms. The molecule has 0 saturated heterocycles. The Morgan fingerprint density at radius 3 is 2.77 bits per heavy atom. The first-order valence-corrected chi connectivity index (χ1v) is 11.4. The average molecular weight is 483 g/mol. The minimum absolute atomic E-state index is 0.102. The normalized spacial score (nSPS) is 10.8. The van der Waals surface area contributed by atoms with Crippen molar-refractivity contribution in [2.24, 2.45) is 0 Å². The second-order valence-corrected chi connectivity index (χ2v) is 8.27. The van der Waals surface area contributed by atoms with Gasteiger partial charge in [-0.1, -0.05) is 47.1 Å². The summed E-state index contributed by atoms with van der Waals surface area (Å²) in [6, 6.07) is 11.1. The third kappa shape index (κ3) is 6.59. The fourth-order valence-corrected chi connectivity index (χ4v) is 4.10. The van der Waals surface area contributed by atoms with Crippen molar-refractivity contribution in [3.8, 4) is 5.75 Å². The quantitative estimate of drug-likeness (QED) is 0.305. The van der Waals surface area contributed by atoms with Gasteiger partial charge < -0.3 is 14.6 Å². The van der Waals surface area contributed by atoms with E-state index >= 15 is 0 Å². The lowest BCUT2D eigenvalue weighted by Gasteiger charge is -2.09. The van der Waals surface area contributed by atoms with Crippen molar-refractivity contribution in [1.29, 1.82) is 0 Å². The lowest BCUT2D eigenvalue weighted by atomic mass is 10.3. The number of thioether (sulfide) groups is 1. The number of hydrogen-bond acceptors (Lipinski definition) is 5.